The van der Waals surface area contributed by atoms with Gasteiger partial charge in [-0.3, -0.25) is 4.79 Å². The summed E-state index contributed by atoms with van der Waals surface area (Å²) in [5.41, 5.74) is 5.91. The molecule has 6 heteroatoms. The van der Waals surface area contributed by atoms with Gasteiger partial charge < -0.3 is 20.5 Å². The summed E-state index contributed by atoms with van der Waals surface area (Å²) in [7, 11) is 3.17. The van der Waals surface area contributed by atoms with Crippen molar-refractivity contribution in [1.29, 1.82) is 0 Å². The summed E-state index contributed by atoms with van der Waals surface area (Å²) in [6.45, 7) is 6.27. The maximum Gasteiger partial charge on any atom is 0.230 e. The lowest BCUT2D eigenvalue weighted by Gasteiger charge is -2.25. The van der Waals surface area contributed by atoms with Crippen LogP contribution >= 0.6 is 12.4 Å². The highest BCUT2D eigenvalue weighted by atomic mass is 35.5. The number of ether oxygens (including phenoxy) is 2. The molecule has 0 radical (unpaired) electrons. The topological polar surface area (TPSA) is 73.6 Å². The number of hydrogen-bond donors (Lipinski definition) is 2. The molecule has 1 aromatic carbocycles. The van der Waals surface area contributed by atoms with E-state index in [4.69, 9.17) is 15.2 Å². The number of benzene rings is 1. The number of halogens is 1. The fraction of sp³-hybridized carbons (Fsp3) is 0.562. The molecule has 0 bridgehead atoms. The second-order valence-electron chi connectivity index (χ2n) is 5.72. The molecule has 0 heterocycles. The van der Waals surface area contributed by atoms with Gasteiger partial charge in [0, 0.05) is 12.6 Å². The molecule has 126 valence electrons. The van der Waals surface area contributed by atoms with Crippen LogP contribution in [0.2, 0.25) is 0 Å². The Labute approximate surface area is 139 Å². The first-order valence-corrected chi connectivity index (χ1v) is 7.09. The van der Waals surface area contributed by atoms with Crippen molar-refractivity contribution in [1.82, 2.24) is 5.32 Å². The highest BCUT2D eigenvalue weighted by Crippen LogP contribution is 2.33. The number of amides is 1. The van der Waals surface area contributed by atoms with Crippen LogP contribution in [-0.2, 0) is 10.2 Å². The second-order valence-corrected chi connectivity index (χ2v) is 5.72. The van der Waals surface area contributed by atoms with E-state index in [2.05, 4.69) is 5.32 Å². The van der Waals surface area contributed by atoms with E-state index in [-0.39, 0.29) is 24.4 Å². The van der Waals surface area contributed by atoms with Gasteiger partial charge in [-0.1, -0.05) is 6.07 Å². The smallest absolute Gasteiger partial charge is 0.230 e. The minimum Gasteiger partial charge on any atom is -0.493 e. The van der Waals surface area contributed by atoms with Gasteiger partial charge in [-0.05, 0) is 44.9 Å². The largest absolute Gasteiger partial charge is 0.493 e. The second kappa shape index (κ2) is 8.86. The maximum absolute atomic E-state index is 12.4. The number of carbonyl (C=O) groups is 1. The SMILES string of the molecule is COc1ccc(C(C)(C)C(=O)NCCC(C)N)cc1OC.Cl. The Morgan fingerprint density at radius 1 is 1.27 bits per heavy atom. The molecule has 1 aromatic rings. The monoisotopic (exact) mass is 330 g/mol. The quantitative estimate of drug-likeness (QED) is 0.804. The van der Waals surface area contributed by atoms with Crippen molar-refractivity contribution in [3.63, 3.8) is 0 Å². The summed E-state index contributed by atoms with van der Waals surface area (Å²) in [6, 6.07) is 5.61. The van der Waals surface area contributed by atoms with E-state index in [1.807, 2.05) is 39.0 Å². The summed E-state index contributed by atoms with van der Waals surface area (Å²) in [5, 5.41) is 2.93. The van der Waals surface area contributed by atoms with Crippen molar-refractivity contribution >= 4 is 18.3 Å². The maximum atomic E-state index is 12.4. The Morgan fingerprint density at radius 3 is 2.36 bits per heavy atom. The highest BCUT2D eigenvalue weighted by Gasteiger charge is 2.30. The molecule has 1 atom stereocenters. The molecular weight excluding hydrogens is 304 g/mol. The van der Waals surface area contributed by atoms with Crippen molar-refractivity contribution in [2.24, 2.45) is 5.73 Å². The third-order valence-corrected chi connectivity index (χ3v) is 3.56. The Hall–Kier alpha value is -1.46. The summed E-state index contributed by atoms with van der Waals surface area (Å²) in [6.07, 6.45) is 0.758. The van der Waals surface area contributed by atoms with E-state index in [1.165, 1.54) is 0 Å². The van der Waals surface area contributed by atoms with Gasteiger partial charge in [0.2, 0.25) is 5.91 Å². The third-order valence-electron chi connectivity index (χ3n) is 3.56. The zero-order valence-electron chi connectivity index (χ0n) is 13.9. The van der Waals surface area contributed by atoms with E-state index < -0.39 is 5.41 Å². The van der Waals surface area contributed by atoms with Crippen molar-refractivity contribution in [3.8, 4) is 11.5 Å². The first-order chi connectivity index (χ1) is 9.82. The molecule has 1 rings (SSSR count). The molecule has 0 fully saturated rings. The van der Waals surface area contributed by atoms with Gasteiger partial charge in [0.25, 0.3) is 0 Å². The number of rotatable bonds is 7. The molecule has 22 heavy (non-hydrogen) atoms. The molecule has 0 aliphatic rings. The number of carbonyl (C=O) groups excluding carboxylic acids is 1. The number of nitrogens with one attached hydrogen (secondary N) is 1. The van der Waals surface area contributed by atoms with Crippen molar-refractivity contribution in [3.05, 3.63) is 23.8 Å². The van der Waals surface area contributed by atoms with E-state index in [0.29, 0.717) is 18.0 Å². The van der Waals surface area contributed by atoms with Crippen molar-refractivity contribution in [2.45, 2.75) is 38.6 Å². The van der Waals surface area contributed by atoms with E-state index in [1.54, 1.807) is 14.2 Å². The van der Waals surface area contributed by atoms with Crippen LogP contribution in [0, 0.1) is 0 Å². The molecule has 1 unspecified atom stereocenters. The first kappa shape index (κ1) is 20.5. The molecule has 5 nitrogen and oxygen atoms in total. The van der Waals surface area contributed by atoms with Crippen molar-refractivity contribution in [2.75, 3.05) is 20.8 Å². The minimum absolute atomic E-state index is 0. The molecule has 0 aromatic heterocycles. The average molecular weight is 331 g/mol. The van der Waals surface area contributed by atoms with Crippen LogP contribution in [0.5, 0.6) is 11.5 Å². The fourth-order valence-electron chi connectivity index (χ4n) is 1.99. The molecule has 0 saturated heterocycles. The Morgan fingerprint density at radius 2 is 1.86 bits per heavy atom. The predicted octanol–water partition coefficient (Wildman–Crippen LogP) is 2.26. The number of hydrogen-bond acceptors (Lipinski definition) is 4. The van der Waals surface area contributed by atoms with Crippen molar-refractivity contribution < 1.29 is 14.3 Å². The van der Waals surface area contributed by atoms with E-state index in [0.717, 1.165) is 12.0 Å². The number of methoxy groups -OCH3 is 2. The van der Waals surface area contributed by atoms with Gasteiger partial charge >= 0.3 is 0 Å². The van der Waals surface area contributed by atoms with Gasteiger partial charge in [-0.25, -0.2) is 0 Å². The van der Waals surface area contributed by atoms with Crippen LogP contribution in [0.1, 0.15) is 32.8 Å². The van der Waals surface area contributed by atoms with Crippen LogP contribution in [-0.4, -0.2) is 32.7 Å². The summed E-state index contributed by atoms with van der Waals surface area (Å²) >= 11 is 0. The Kier molecular flexibility index (Phi) is 8.27. The van der Waals surface area contributed by atoms with E-state index in [9.17, 15) is 4.79 Å². The standard InChI is InChI=1S/C16H26N2O3.ClH/c1-11(17)8-9-18-15(19)16(2,3)12-6-7-13(20-4)14(10-12)21-5;/h6-7,10-11H,8-9,17H2,1-5H3,(H,18,19);1H. The normalized spacial score (nSPS) is 12.1. The van der Waals surface area contributed by atoms with Gasteiger partial charge in [0.1, 0.15) is 0 Å². The molecule has 0 aliphatic heterocycles. The van der Waals surface area contributed by atoms with Crippen LogP contribution in [0.25, 0.3) is 0 Å². The van der Waals surface area contributed by atoms with E-state index >= 15 is 0 Å². The molecule has 0 spiro atoms. The lowest BCUT2D eigenvalue weighted by Crippen LogP contribution is -2.41. The highest BCUT2D eigenvalue weighted by molar-refractivity contribution is 5.87. The number of nitrogens with two attached hydrogens (primary N) is 1. The van der Waals surface area contributed by atoms with Gasteiger partial charge in [-0.15, -0.1) is 12.4 Å². The van der Waals surface area contributed by atoms with Gasteiger partial charge in [0.05, 0.1) is 19.6 Å². The zero-order chi connectivity index (χ0) is 16.0. The lowest BCUT2D eigenvalue weighted by molar-refractivity contribution is -0.125. The van der Waals surface area contributed by atoms with Crippen LogP contribution in [0.15, 0.2) is 18.2 Å². The molecular formula is C16H27ClN2O3. The minimum atomic E-state index is -0.655. The predicted molar refractivity (Wildman–Crippen MR) is 91.1 cm³/mol. The van der Waals surface area contributed by atoms with Gasteiger partial charge in [-0.2, -0.15) is 0 Å². The molecule has 0 saturated carbocycles. The van der Waals surface area contributed by atoms with Crippen LogP contribution in [0.4, 0.5) is 0 Å². The third kappa shape index (κ3) is 5.07. The average Bonchev–Trinajstić information content (AvgIpc) is 2.45. The first-order valence-electron chi connectivity index (χ1n) is 7.09. The van der Waals surface area contributed by atoms with Gasteiger partial charge in [0.15, 0.2) is 11.5 Å². The lowest BCUT2D eigenvalue weighted by atomic mass is 9.83. The summed E-state index contributed by atoms with van der Waals surface area (Å²) in [4.78, 5) is 12.4. The molecule has 0 aliphatic carbocycles. The fourth-order valence-corrected chi connectivity index (χ4v) is 1.99. The summed E-state index contributed by atoms with van der Waals surface area (Å²) in [5.74, 6) is 1.23. The van der Waals surface area contributed by atoms with Crippen LogP contribution < -0.4 is 20.5 Å². The van der Waals surface area contributed by atoms with Crippen LogP contribution in [0.3, 0.4) is 0 Å². The summed E-state index contributed by atoms with van der Waals surface area (Å²) < 4.78 is 10.5. The molecule has 3 N–H and O–H groups in total. The molecule has 1 amide bonds. The Bertz CT molecular complexity index is 490. The Balaban J connectivity index is 0.00000441. The zero-order valence-corrected chi connectivity index (χ0v) is 14.8.